The Kier molecular flexibility index (Phi) is 5.09. The van der Waals surface area contributed by atoms with Crippen LogP contribution in [0.25, 0.3) is 28.0 Å². The van der Waals surface area contributed by atoms with Crippen LogP contribution < -0.4 is 10.5 Å². The van der Waals surface area contributed by atoms with E-state index in [2.05, 4.69) is 15.1 Å². The monoisotopic (exact) mass is 416 g/mol. The van der Waals surface area contributed by atoms with Crippen LogP contribution in [0.4, 0.5) is 0 Å². The molecule has 1 unspecified atom stereocenters. The molecule has 5 rings (SSSR count). The topological polar surface area (TPSA) is 112 Å². The van der Waals surface area contributed by atoms with E-state index in [4.69, 9.17) is 15.5 Å². The van der Waals surface area contributed by atoms with Gasteiger partial charge in [-0.1, -0.05) is 18.9 Å². The molecule has 0 aliphatic heterocycles. The van der Waals surface area contributed by atoms with Gasteiger partial charge in [0.25, 0.3) is 0 Å². The molecule has 1 aromatic carbocycles. The number of nitrogens with two attached hydrogens (primary N) is 1. The first-order valence-corrected chi connectivity index (χ1v) is 10.4. The first-order chi connectivity index (χ1) is 15.2. The van der Waals surface area contributed by atoms with E-state index in [0.29, 0.717) is 17.3 Å². The van der Waals surface area contributed by atoms with Gasteiger partial charge in [-0.05, 0) is 36.6 Å². The molecule has 0 radical (unpaired) electrons. The molecule has 1 aliphatic carbocycles. The van der Waals surface area contributed by atoms with Gasteiger partial charge in [0.15, 0.2) is 5.82 Å². The third kappa shape index (κ3) is 3.87. The average molecular weight is 416 g/mol. The minimum absolute atomic E-state index is 0.0555. The van der Waals surface area contributed by atoms with Gasteiger partial charge >= 0.3 is 0 Å². The highest BCUT2D eigenvalue weighted by Gasteiger charge is 2.25. The van der Waals surface area contributed by atoms with Crippen molar-refractivity contribution in [3.05, 3.63) is 60.3 Å². The highest BCUT2D eigenvalue weighted by Crippen LogP contribution is 2.37. The largest absolute Gasteiger partial charge is 0.496 e. The molecule has 1 atom stereocenters. The first-order valence-electron chi connectivity index (χ1n) is 10.4. The maximum Gasteiger partial charge on any atom is 0.172 e. The van der Waals surface area contributed by atoms with Crippen LogP contribution in [0.5, 0.6) is 5.75 Å². The second-order valence-electron chi connectivity index (χ2n) is 7.93. The lowest BCUT2D eigenvalue weighted by atomic mass is 10.0. The van der Waals surface area contributed by atoms with Gasteiger partial charge in [-0.2, -0.15) is 5.10 Å². The van der Waals surface area contributed by atoms with Crippen LogP contribution in [0.15, 0.2) is 48.9 Å². The molecule has 1 aliphatic rings. The van der Waals surface area contributed by atoms with Crippen molar-refractivity contribution in [2.75, 3.05) is 7.11 Å². The van der Waals surface area contributed by atoms with E-state index in [1.165, 1.54) is 19.0 Å². The SMILES string of the molecule is COc1cc(-c2cccc(C(N)CC3CC3)n2)cc2c1cnn2-c1cncc(CO)n1. The summed E-state index contributed by atoms with van der Waals surface area (Å²) >= 11 is 0. The van der Waals surface area contributed by atoms with Gasteiger partial charge in [0.1, 0.15) is 5.75 Å². The normalized spacial score (nSPS) is 14.7. The van der Waals surface area contributed by atoms with Crippen molar-refractivity contribution in [1.29, 1.82) is 0 Å². The smallest absolute Gasteiger partial charge is 0.172 e. The molecule has 0 saturated heterocycles. The second kappa shape index (κ2) is 8.05. The molecule has 1 saturated carbocycles. The molecule has 3 N–H and O–H groups in total. The minimum atomic E-state index is -0.188. The van der Waals surface area contributed by atoms with Gasteiger partial charge in [0, 0.05) is 11.6 Å². The van der Waals surface area contributed by atoms with Crippen LogP contribution in [0.1, 0.15) is 36.7 Å². The molecule has 3 aromatic heterocycles. The number of fused-ring (bicyclic) bond motifs is 1. The average Bonchev–Trinajstić information content (AvgIpc) is 3.53. The summed E-state index contributed by atoms with van der Waals surface area (Å²) in [5.74, 6) is 1.95. The summed E-state index contributed by atoms with van der Waals surface area (Å²) in [6.45, 7) is -0.188. The Morgan fingerprint density at radius 2 is 2.06 bits per heavy atom. The van der Waals surface area contributed by atoms with Gasteiger partial charge in [0.05, 0.1) is 60.3 Å². The van der Waals surface area contributed by atoms with Crippen molar-refractivity contribution in [2.45, 2.75) is 31.9 Å². The van der Waals surface area contributed by atoms with Crippen molar-refractivity contribution in [2.24, 2.45) is 11.7 Å². The maximum atomic E-state index is 9.41. The Hall–Kier alpha value is -3.36. The summed E-state index contributed by atoms with van der Waals surface area (Å²) in [6, 6.07) is 9.88. The van der Waals surface area contributed by atoms with Crippen LogP contribution in [0.2, 0.25) is 0 Å². The van der Waals surface area contributed by atoms with Gasteiger partial charge in [-0.25, -0.2) is 9.67 Å². The number of benzene rings is 1. The van der Waals surface area contributed by atoms with Crippen LogP contribution in [-0.2, 0) is 6.61 Å². The summed E-state index contributed by atoms with van der Waals surface area (Å²) in [4.78, 5) is 13.4. The molecule has 0 bridgehead atoms. The molecule has 0 amide bonds. The molecule has 3 heterocycles. The first kappa shape index (κ1) is 19.6. The van der Waals surface area contributed by atoms with Gasteiger partial charge in [0.2, 0.25) is 0 Å². The summed E-state index contributed by atoms with van der Waals surface area (Å²) in [5, 5.41) is 14.7. The molecule has 31 heavy (non-hydrogen) atoms. The number of methoxy groups -OCH3 is 1. The van der Waals surface area contributed by atoms with Crippen molar-refractivity contribution in [3.63, 3.8) is 0 Å². The summed E-state index contributed by atoms with van der Waals surface area (Å²) in [5.41, 5.74) is 10.3. The summed E-state index contributed by atoms with van der Waals surface area (Å²) in [7, 11) is 1.64. The number of nitrogens with zero attached hydrogens (tertiary/aromatic N) is 5. The lowest BCUT2D eigenvalue weighted by Crippen LogP contribution is -2.13. The number of aliphatic hydroxyl groups is 1. The molecule has 8 heteroatoms. The van der Waals surface area contributed by atoms with E-state index < -0.39 is 0 Å². The molecular formula is C23H24N6O2. The maximum absolute atomic E-state index is 9.41. The molecule has 1 fully saturated rings. The lowest BCUT2D eigenvalue weighted by molar-refractivity contribution is 0.276. The van der Waals surface area contributed by atoms with Gasteiger partial charge < -0.3 is 15.6 Å². The quantitative estimate of drug-likeness (QED) is 0.476. The van der Waals surface area contributed by atoms with E-state index >= 15 is 0 Å². The number of aliphatic hydroxyl groups excluding tert-OH is 1. The highest BCUT2D eigenvalue weighted by atomic mass is 16.5. The van der Waals surface area contributed by atoms with Crippen molar-refractivity contribution >= 4 is 10.9 Å². The van der Waals surface area contributed by atoms with Crippen molar-refractivity contribution in [3.8, 4) is 22.8 Å². The standard InChI is InChI=1S/C23H24N6O2/c1-31-22-9-15(19-3-2-4-20(28-19)18(24)7-14-5-6-14)8-21-17(22)11-26-29(21)23-12-25-10-16(13-30)27-23/h2-4,8-12,14,18,30H,5-7,13,24H2,1H3. The Bertz CT molecular complexity index is 1230. The number of rotatable bonds is 7. The Morgan fingerprint density at radius 1 is 1.19 bits per heavy atom. The van der Waals surface area contributed by atoms with E-state index in [-0.39, 0.29) is 12.6 Å². The molecule has 8 nitrogen and oxygen atoms in total. The predicted molar refractivity (Wildman–Crippen MR) is 117 cm³/mol. The Balaban J connectivity index is 1.59. The fourth-order valence-electron chi connectivity index (χ4n) is 3.82. The van der Waals surface area contributed by atoms with Crippen LogP contribution in [0.3, 0.4) is 0 Å². The number of pyridine rings is 1. The molecule has 4 aromatic rings. The number of ether oxygens (including phenoxy) is 1. The van der Waals surface area contributed by atoms with Crippen molar-refractivity contribution < 1.29 is 9.84 Å². The molecule has 0 spiro atoms. The zero-order valence-electron chi connectivity index (χ0n) is 17.3. The minimum Gasteiger partial charge on any atom is -0.496 e. The molecular weight excluding hydrogens is 392 g/mol. The van der Waals surface area contributed by atoms with Crippen LogP contribution in [-0.4, -0.2) is 36.9 Å². The van der Waals surface area contributed by atoms with Gasteiger partial charge in [-0.15, -0.1) is 0 Å². The van der Waals surface area contributed by atoms with E-state index in [9.17, 15) is 5.11 Å². The van der Waals surface area contributed by atoms with Crippen LogP contribution in [0, 0.1) is 5.92 Å². The Morgan fingerprint density at radius 3 is 2.84 bits per heavy atom. The Labute approximate surface area is 179 Å². The van der Waals surface area contributed by atoms with Crippen LogP contribution >= 0.6 is 0 Å². The van der Waals surface area contributed by atoms with Crippen molar-refractivity contribution in [1.82, 2.24) is 24.7 Å². The summed E-state index contributed by atoms with van der Waals surface area (Å²) < 4.78 is 7.33. The molecule has 158 valence electrons. The zero-order chi connectivity index (χ0) is 21.4. The predicted octanol–water partition coefficient (Wildman–Crippen LogP) is 3.18. The zero-order valence-corrected chi connectivity index (χ0v) is 17.3. The third-order valence-corrected chi connectivity index (χ3v) is 5.65. The van der Waals surface area contributed by atoms with E-state index in [1.807, 2.05) is 30.3 Å². The fourth-order valence-corrected chi connectivity index (χ4v) is 3.82. The second-order valence-corrected chi connectivity index (χ2v) is 7.93. The van der Waals surface area contributed by atoms with E-state index in [0.717, 1.165) is 40.2 Å². The lowest BCUT2D eigenvalue weighted by Gasteiger charge is -2.13. The summed E-state index contributed by atoms with van der Waals surface area (Å²) in [6.07, 6.45) is 8.39. The number of hydrogen-bond acceptors (Lipinski definition) is 7. The number of aromatic nitrogens is 5. The third-order valence-electron chi connectivity index (χ3n) is 5.65. The number of hydrogen-bond donors (Lipinski definition) is 2. The highest BCUT2D eigenvalue weighted by molar-refractivity contribution is 5.90. The van der Waals surface area contributed by atoms with E-state index in [1.54, 1.807) is 24.2 Å². The van der Waals surface area contributed by atoms with Gasteiger partial charge in [-0.3, -0.25) is 9.97 Å². The fraction of sp³-hybridized carbons (Fsp3) is 0.304.